The van der Waals surface area contributed by atoms with E-state index >= 15 is 0 Å². The predicted octanol–water partition coefficient (Wildman–Crippen LogP) is 3.12. The summed E-state index contributed by atoms with van der Waals surface area (Å²) in [5.41, 5.74) is 2.98. The van der Waals surface area contributed by atoms with E-state index in [4.69, 9.17) is 4.74 Å². The van der Waals surface area contributed by atoms with Crippen LogP contribution in [-0.2, 0) is 17.7 Å². The number of thiophene rings is 1. The topological polar surface area (TPSA) is 58.6 Å². The predicted molar refractivity (Wildman–Crippen MR) is 85.2 cm³/mol. The van der Waals surface area contributed by atoms with Gasteiger partial charge in [-0.3, -0.25) is 4.79 Å². The third-order valence-corrected chi connectivity index (χ3v) is 4.52. The fraction of sp³-hybridized carbons (Fsp3) is 0.250. The lowest BCUT2D eigenvalue weighted by Gasteiger charge is -2.28. The maximum atomic E-state index is 12.1. The zero-order chi connectivity index (χ0) is 15.5. The van der Waals surface area contributed by atoms with Crippen LogP contribution in [0.1, 0.15) is 20.8 Å². The Morgan fingerprint density at radius 2 is 2.14 bits per heavy atom. The average molecular weight is 316 g/mol. The fourth-order valence-electron chi connectivity index (χ4n) is 2.52. The summed E-state index contributed by atoms with van der Waals surface area (Å²) in [7, 11) is 1.38. The van der Waals surface area contributed by atoms with Crippen molar-refractivity contribution in [2.75, 3.05) is 19.0 Å². The van der Waals surface area contributed by atoms with E-state index in [0.29, 0.717) is 18.0 Å². The molecule has 0 radical (unpaired) electrons. The second-order valence-corrected chi connectivity index (χ2v) is 6.00. The first kappa shape index (κ1) is 14.6. The summed E-state index contributed by atoms with van der Waals surface area (Å²) in [5, 5.41) is 4.76. The molecule has 0 spiro atoms. The molecule has 0 aliphatic carbocycles. The van der Waals surface area contributed by atoms with E-state index in [0.717, 1.165) is 17.7 Å². The number of nitrogens with zero attached hydrogens (tertiary/aromatic N) is 1. The lowest BCUT2D eigenvalue weighted by atomic mass is 9.99. The second kappa shape index (κ2) is 6.19. The number of carbonyl (C=O) groups is 2. The van der Waals surface area contributed by atoms with Crippen molar-refractivity contribution < 1.29 is 14.3 Å². The van der Waals surface area contributed by atoms with Gasteiger partial charge in [0.2, 0.25) is 0 Å². The fourth-order valence-corrected chi connectivity index (χ4v) is 3.14. The monoisotopic (exact) mass is 316 g/mol. The Morgan fingerprint density at radius 3 is 2.86 bits per heavy atom. The number of ether oxygens (including phenoxy) is 1. The minimum Gasteiger partial charge on any atom is -0.453 e. The summed E-state index contributed by atoms with van der Waals surface area (Å²) in [6.45, 7) is 1.16. The van der Waals surface area contributed by atoms with Crippen LogP contribution < -0.4 is 5.32 Å². The molecule has 0 atom stereocenters. The highest BCUT2D eigenvalue weighted by molar-refractivity contribution is 7.12. The van der Waals surface area contributed by atoms with E-state index in [1.54, 1.807) is 11.0 Å². The van der Waals surface area contributed by atoms with Crippen molar-refractivity contribution in [3.8, 4) is 0 Å². The van der Waals surface area contributed by atoms with Crippen LogP contribution in [0.2, 0.25) is 0 Å². The van der Waals surface area contributed by atoms with Gasteiger partial charge in [-0.1, -0.05) is 12.1 Å². The Balaban J connectivity index is 1.76. The Bertz CT molecular complexity index is 697. The molecule has 2 aromatic rings. The van der Waals surface area contributed by atoms with E-state index in [9.17, 15) is 9.59 Å². The van der Waals surface area contributed by atoms with Crippen molar-refractivity contribution in [1.29, 1.82) is 0 Å². The van der Waals surface area contributed by atoms with Gasteiger partial charge in [0.1, 0.15) is 0 Å². The molecule has 2 heterocycles. The van der Waals surface area contributed by atoms with Crippen molar-refractivity contribution in [3.05, 3.63) is 51.7 Å². The van der Waals surface area contributed by atoms with Gasteiger partial charge in [0.15, 0.2) is 0 Å². The zero-order valence-electron chi connectivity index (χ0n) is 12.2. The summed E-state index contributed by atoms with van der Waals surface area (Å²) < 4.78 is 4.77. The number of rotatable bonds is 2. The molecular formula is C16H16N2O3S. The molecule has 114 valence electrons. The van der Waals surface area contributed by atoms with Gasteiger partial charge in [0.25, 0.3) is 5.91 Å². The van der Waals surface area contributed by atoms with Gasteiger partial charge < -0.3 is 15.0 Å². The van der Waals surface area contributed by atoms with E-state index in [1.807, 2.05) is 29.6 Å². The molecule has 22 heavy (non-hydrogen) atoms. The number of carbonyl (C=O) groups excluding carboxylic acids is 2. The molecule has 0 bridgehead atoms. The van der Waals surface area contributed by atoms with Crippen LogP contribution in [0, 0.1) is 0 Å². The Morgan fingerprint density at radius 1 is 1.27 bits per heavy atom. The molecule has 1 aromatic heterocycles. The van der Waals surface area contributed by atoms with Crippen molar-refractivity contribution in [3.63, 3.8) is 0 Å². The molecule has 1 N–H and O–H groups in total. The van der Waals surface area contributed by atoms with Crippen molar-refractivity contribution in [2.45, 2.75) is 13.0 Å². The molecule has 0 fully saturated rings. The molecular weight excluding hydrogens is 300 g/mol. The number of amides is 2. The molecule has 0 saturated heterocycles. The average Bonchev–Trinajstić information content (AvgIpc) is 3.08. The van der Waals surface area contributed by atoms with Crippen molar-refractivity contribution in [2.24, 2.45) is 0 Å². The molecule has 1 aliphatic heterocycles. The molecule has 3 rings (SSSR count). The molecule has 5 nitrogen and oxygen atoms in total. The summed E-state index contributed by atoms with van der Waals surface area (Å²) in [5.74, 6) is -0.115. The van der Waals surface area contributed by atoms with Gasteiger partial charge in [0, 0.05) is 18.8 Å². The van der Waals surface area contributed by atoms with E-state index in [-0.39, 0.29) is 12.0 Å². The summed E-state index contributed by atoms with van der Waals surface area (Å²) in [6.07, 6.45) is 0.475. The SMILES string of the molecule is COC(=O)N1CCc2ccc(NC(=O)c3cccs3)cc2C1. The van der Waals surface area contributed by atoms with Gasteiger partial charge in [-0.25, -0.2) is 4.79 Å². The molecule has 6 heteroatoms. The van der Waals surface area contributed by atoms with Gasteiger partial charge in [-0.2, -0.15) is 0 Å². The highest BCUT2D eigenvalue weighted by Crippen LogP contribution is 2.23. The minimum absolute atomic E-state index is 0.115. The molecule has 0 saturated carbocycles. The summed E-state index contributed by atoms with van der Waals surface area (Å²) in [6, 6.07) is 9.47. The minimum atomic E-state index is -0.321. The normalized spacial score (nSPS) is 13.4. The largest absolute Gasteiger partial charge is 0.453 e. The highest BCUT2D eigenvalue weighted by Gasteiger charge is 2.21. The number of benzene rings is 1. The number of hydrogen-bond donors (Lipinski definition) is 1. The van der Waals surface area contributed by atoms with Gasteiger partial charge >= 0.3 is 6.09 Å². The van der Waals surface area contributed by atoms with Crippen LogP contribution >= 0.6 is 11.3 Å². The maximum absolute atomic E-state index is 12.1. The Labute approximate surface area is 132 Å². The first-order chi connectivity index (χ1) is 10.7. The number of hydrogen-bond acceptors (Lipinski definition) is 4. The van der Waals surface area contributed by atoms with Crippen LogP contribution in [-0.4, -0.2) is 30.6 Å². The van der Waals surface area contributed by atoms with Crippen LogP contribution in [0.15, 0.2) is 35.7 Å². The first-order valence-corrected chi connectivity index (χ1v) is 7.85. The first-order valence-electron chi connectivity index (χ1n) is 6.97. The molecule has 1 aromatic carbocycles. The zero-order valence-corrected chi connectivity index (χ0v) is 13.0. The van der Waals surface area contributed by atoms with E-state index < -0.39 is 0 Å². The number of methoxy groups -OCH3 is 1. The van der Waals surface area contributed by atoms with E-state index in [2.05, 4.69) is 5.32 Å². The van der Waals surface area contributed by atoms with Crippen LogP contribution in [0.4, 0.5) is 10.5 Å². The smallest absolute Gasteiger partial charge is 0.409 e. The second-order valence-electron chi connectivity index (χ2n) is 5.06. The number of fused-ring (bicyclic) bond motifs is 1. The van der Waals surface area contributed by atoms with Gasteiger partial charge in [0.05, 0.1) is 12.0 Å². The number of anilines is 1. The maximum Gasteiger partial charge on any atom is 0.409 e. The van der Waals surface area contributed by atoms with Gasteiger partial charge in [-0.05, 0) is 41.1 Å². The quantitative estimate of drug-likeness (QED) is 0.926. The van der Waals surface area contributed by atoms with Gasteiger partial charge in [-0.15, -0.1) is 11.3 Å². The Hall–Kier alpha value is -2.34. The summed E-state index contributed by atoms with van der Waals surface area (Å²) >= 11 is 1.40. The van der Waals surface area contributed by atoms with Crippen molar-refractivity contribution in [1.82, 2.24) is 4.90 Å². The molecule has 0 unspecified atom stereocenters. The third-order valence-electron chi connectivity index (χ3n) is 3.65. The van der Waals surface area contributed by atoms with Crippen LogP contribution in [0.3, 0.4) is 0 Å². The van der Waals surface area contributed by atoms with Crippen LogP contribution in [0.25, 0.3) is 0 Å². The van der Waals surface area contributed by atoms with Crippen LogP contribution in [0.5, 0.6) is 0 Å². The lowest BCUT2D eigenvalue weighted by molar-refractivity contribution is 0.103. The number of nitrogens with one attached hydrogen (secondary N) is 1. The standard InChI is InChI=1S/C16H16N2O3S/c1-21-16(20)18-7-6-11-4-5-13(9-12(11)10-18)17-15(19)14-3-2-8-22-14/h2-5,8-9H,6-7,10H2,1H3,(H,17,19). The van der Waals surface area contributed by atoms with Crippen molar-refractivity contribution >= 4 is 29.0 Å². The molecule has 2 amide bonds. The van der Waals surface area contributed by atoms with E-state index in [1.165, 1.54) is 24.0 Å². The molecule has 1 aliphatic rings. The lowest BCUT2D eigenvalue weighted by Crippen LogP contribution is -2.35. The highest BCUT2D eigenvalue weighted by atomic mass is 32.1. The summed E-state index contributed by atoms with van der Waals surface area (Å²) in [4.78, 5) is 26.0. The Kier molecular flexibility index (Phi) is 4.11. The third kappa shape index (κ3) is 2.96.